The third kappa shape index (κ3) is 3.02. The Morgan fingerprint density at radius 1 is 1.00 bits per heavy atom. The molecule has 1 aromatic rings. The van der Waals surface area contributed by atoms with Crippen LogP contribution in [0.4, 0.5) is 0 Å². The fourth-order valence-corrected chi connectivity index (χ4v) is 1.55. The molecule has 0 bridgehead atoms. The number of hydrogen-bond donors (Lipinski definition) is 0. The summed E-state index contributed by atoms with van der Waals surface area (Å²) in [6.07, 6.45) is 0. The molecular formula is C8H8SSe. The van der Waals surface area contributed by atoms with Crippen LogP contribution in [0.25, 0.3) is 0 Å². The third-order valence-corrected chi connectivity index (χ3v) is 2.60. The van der Waals surface area contributed by atoms with Crippen LogP contribution in [0.2, 0.25) is 0 Å². The number of hydrogen-bond acceptors (Lipinski definition) is 1. The Balaban J connectivity index is 3.13. The van der Waals surface area contributed by atoms with Gasteiger partial charge in [0.05, 0.1) is 0 Å². The van der Waals surface area contributed by atoms with E-state index in [0.717, 1.165) is 0 Å². The van der Waals surface area contributed by atoms with Gasteiger partial charge < -0.3 is 0 Å². The van der Waals surface area contributed by atoms with E-state index in [4.69, 9.17) is 0 Å². The molecule has 2 heteroatoms. The van der Waals surface area contributed by atoms with Gasteiger partial charge in [-0.3, -0.25) is 0 Å². The molecule has 0 aliphatic heterocycles. The van der Waals surface area contributed by atoms with Crippen LogP contribution in [-0.2, 0) is 0 Å². The molecule has 1 heterocycles. The molecule has 0 saturated heterocycles. The first-order valence-corrected chi connectivity index (χ1v) is 4.77. The zero-order valence-corrected chi connectivity index (χ0v) is 8.09. The van der Waals surface area contributed by atoms with E-state index in [1.807, 2.05) is 30.3 Å². The van der Waals surface area contributed by atoms with E-state index in [1.54, 1.807) is 11.3 Å². The SMILES string of the molecule is [SeH]c1cccccccs1. The van der Waals surface area contributed by atoms with Gasteiger partial charge in [0.1, 0.15) is 0 Å². The van der Waals surface area contributed by atoms with E-state index in [2.05, 4.69) is 27.5 Å². The van der Waals surface area contributed by atoms with Crippen molar-refractivity contribution in [1.29, 1.82) is 0 Å². The predicted octanol–water partition coefficient (Wildman–Crippen LogP) is 1.40. The molecule has 0 unspecified atom stereocenters. The summed E-state index contributed by atoms with van der Waals surface area (Å²) in [7, 11) is 0. The van der Waals surface area contributed by atoms with Crippen molar-refractivity contribution in [1.82, 2.24) is 0 Å². The van der Waals surface area contributed by atoms with E-state index >= 15 is 0 Å². The van der Waals surface area contributed by atoms with Crippen molar-refractivity contribution in [2.75, 3.05) is 0 Å². The van der Waals surface area contributed by atoms with Gasteiger partial charge in [-0.2, -0.15) is 0 Å². The summed E-state index contributed by atoms with van der Waals surface area (Å²) in [5, 5.41) is 2.06. The van der Waals surface area contributed by atoms with Crippen molar-refractivity contribution >= 4 is 31.1 Å². The van der Waals surface area contributed by atoms with Crippen molar-refractivity contribution in [3.05, 3.63) is 41.8 Å². The average molecular weight is 215 g/mol. The zero-order chi connectivity index (χ0) is 7.23. The summed E-state index contributed by atoms with van der Waals surface area (Å²) in [5.41, 5.74) is 0. The van der Waals surface area contributed by atoms with Crippen LogP contribution >= 0.6 is 11.3 Å². The van der Waals surface area contributed by atoms with Gasteiger partial charge in [-0.15, -0.1) is 0 Å². The van der Waals surface area contributed by atoms with E-state index in [1.165, 1.54) is 3.78 Å². The van der Waals surface area contributed by atoms with Crippen molar-refractivity contribution in [3.63, 3.8) is 0 Å². The Morgan fingerprint density at radius 3 is 2.60 bits per heavy atom. The summed E-state index contributed by atoms with van der Waals surface area (Å²) in [5.74, 6) is 0. The molecule has 1 aromatic heterocycles. The molecule has 0 nitrogen and oxygen atoms in total. The minimum absolute atomic E-state index is 1.25. The van der Waals surface area contributed by atoms with E-state index in [9.17, 15) is 0 Å². The van der Waals surface area contributed by atoms with Gasteiger partial charge >= 0.3 is 72.9 Å². The molecule has 0 spiro atoms. The van der Waals surface area contributed by atoms with Gasteiger partial charge in [0, 0.05) is 0 Å². The Morgan fingerprint density at radius 2 is 1.70 bits per heavy atom. The molecule has 0 radical (unpaired) electrons. The standard InChI is InChI=1S/C8H8SSe/c10-8-6-4-2-1-3-5-7-9-8/h1-7,10H. The molecule has 0 amide bonds. The second-order valence-corrected chi connectivity index (χ2v) is 4.34. The van der Waals surface area contributed by atoms with Crippen molar-refractivity contribution in [2.45, 2.75) is 0 Å². The second-order valence-electron chi connectivity index (χ2n) is 1.72. The van der Waals surface area contributed by atoms with E-state index < -0.39 is 0 Å². The van der Waals surface area contributed by atoms with E-state index in [0.29, 0.717) is 0 Å². The normalized spacial score (nSPS) is 8.50. The van der Waals surface area contributed by atoms with Crippen molar-refractivity contribution in [3.8, 4) is 0 Å². The van der Waals surface area contributed by atoms with E-state index in [-0.39, 0.29) is 0 Å². The van der Waals surface area contributed by atoms with Gasteiger partial charge in [0.15, 0.2) is 0 Å². The summed E-state index contributed by atoms with van der Waals surface area (Å²) in [6.45, 7) is 0. The van der Waals surface area contributed by atoms with Gasteiger partial charge in [-0.05, 0) is 0 Å². The molecule has 10 heavy (non-hydrogen) atoms. The summed E-state index contributed by atoms with van der Waals surface area (Å²) >= 11 is 4.25. The van der Waals surface area contributed by atoms with Gasteiger partial charge in [0.25, 0.3) is 0 Å². The molecule has 0 N–H and O–H groups in total. The quantitative estimate of drug-likeness (QED) is 0.574. The summed E-state index contributed by atoms with van der Waals surface area (Å²) in [4.78, 5) is 0. The summed E-state index contributed by atoms with van der Waals surface area (Å²) < 4.78 is 1.25. The molecular weight excluding hydrogens is 207 g/mol. The average Bonchev–Trinajstić information content (AvgIpc) is 2.02. The molecule has 0 aromatic carbocycles. The molecule has 0 aliphatic carbocycles. The maximum absolute atomic E-state index is 2.54. The number of rotatable bonds is 0. The van der Waals surface area contributed by atoms with Crippen LogP contribution in [0.15, 0.2) is 41.8 Å². The Kier molecular flexibility index (Phi) is 3.52. The van der Waals surface area contributed by atoms with Crippen LogP contribution < -0.4 is 3.78 Å². The van der Waals surface area contributed by atoms with Crippen LogP contribution in [0.1, 0.15) is 0 Å². The van der Waals surface area contributed by atoms with Gasteiger partial charge in [0.2, 0.25) is 0 Å². The van der Waals surface area contributed by atoms with Crippen LogP contribution in [0.3, 0.4) is 0 Å². The van der Waals surface area contributed by atoms with Crippen LogP contribution in [0.5, 0.6) is 0 Å². The molecule has 1 rings (SSSR count). The molecule has 0 fully saturated rings. The Hall–Kier alpha value is -0.301. The fourth-order valence-electron chi connectivity index (χ4n) is 0.524. The maximum atomic E-state index is 2.54. The molecule has 0 saturated carbocycles. The Bertz CT molecular complexity index is 217. The zero-order valence-electron chi connectivity index (χ0n) is 5.40. The van der Waals surface area contributed by atoms with Crippen LogP contribution in [-0.4, -0.2) is 16.0 Å². The monoisotopic (exact) mass is 216 g/mol. The first kappa shape index (κ1) is 7.80. The second kappa shape index (κ2) is 4.50. The van der Waals surface area contributed by atoms with Crippen molar-refractivity contribution < 1.29 is 0 Å². The third-order valence-electron chi connectivity index (χ3n) is 0.951. The van der Waals surface area contributed by atoms with Gasteiger partial charge in [-0.25, -0.2) is 0 Å². The molecule has 0 atom stereocenters. The topological polar surface area (TPSA) is 0 Å². The first-order chi connectivity index (χ1) is 4.89. The first-order valence-electron chi connectivity index (χ1n) is 2.95. The van der Waals surface area contributed by atoms with Gasteiger partial charge in [-0.1, -0.05) is 0 Å². The summed E-state index contributed by atoms with van der Waals surface area (Å²) in [6, 6.07) is 12.2. The Labute approximate surface area is 73.0 Å². The fraction of sp³-hybridized carbons (Fsp3) is 0. The predicted molar refractivity (Wildman–Crippen MR) is 48.7 cm³/mol. The minimum atomic E-state index is 1.25. The van der Waals surface area contributed by atoms with Crippen LogP contribution in [0, 0.1) is 0 Å². The van der Waals surface area contributed by atoms with Crippen molar-refractivity contribution in [2.24, 2.45) is 0 Å². The molecule has 0 aliphatic rings. The molecule has 52 valence electrons.